The Hall–Kier alpha value is -0.660. The molecule has 0 radical (unpaired) electrons. The zero-order valence-electron chi connectivity index (χ0n) is 27.5. The summed E-state index contributed by atoms with van der Waals surface area (Å²) >= 11 is 0. The molecule has 1 aliphatic rings. The predicted molar refractivity (Wildman–Crippen MR) is 177 cm³/mol. The minimum absolute atomic E-state index is 0.619. The van der Waals surface area contributed by atoms with Gasteiger partial charge < -0.3 is 9.80 Å². The molecular formula is C37H74N2. The molecule has 0 aromatic carbocycles. The fourth-order valence-corrected chi connectivity index (χ4v) is 6.45. The predicted octanol–water partition coefficient (Wildman–Crippen LogP) is 12.8. The van der Waals surface area contributed by atoms with Crippen LogP contribution in [0.4, 0.5) is 0 Å². The van der Waals surface area contributed by atoms with E-state index in [0.717, 1.165) is 0 Å². The first-order valence-electron chi connectivity index (χ1n) is 18.5. The summed E-state index contributed by atoms with van der Waals surface area (Å²) in [6.45, 7) is 9.49. The summed E-state index contributed by atoms with van der Waals surface area (Å²) in [5, 5.41) is 0. The lowest BCUT2D eigenvalue weighted by molar-refractivity contribution is 0.144. The van der Waals surface area contributed by atoms with Crippen LogP contribution in [-0.4, -0.2) is 29.1 Å². The van der Waals surface area contributed by atoms with Crippen LogP contribution in [0.1, 0.15) is 207 Å². The molecule has 1 rings (SSSR count). The Balaban J connectivity index is 1.88. The van der Waals surface area contributed by atoms with Crippen LogP contribution in [-0.2, 0) is 0 Å². The number of nitrogens with zero attached hydrogens (tertiary/aromatic N) is 2. The van der Waals surface area contributed by atoms with Crippen molar-refractivity contribution in [2.75, 3.05) is 13.1 Å². The van der Waals surface area contributed by atoms with Crippen LogP contribution >= 0.6 is 0 Å². The summed E-state index contributed by atoms with van der Waals surface area (Å²) < 4.78 is 0. The summed E-state index contributed by atoms with van der Waals surface area (Å²) in [5.74, 6) is 0. The van der Waals surface area contributed by atoms with E-state index in [4.69, 9.17) is 0 Å². The van der Waals surface area contributed by atoms with E-state index in [1.807, 2.05) is 0 Å². The Morgan fingerprint density at radius 2 is 0.564 bits per heavy atom. The fraction of sp³-hybridized carbons (Fsp3) is 0.946. The van der Waals surface area contributed by atoms with Crippen molar-refractivity contribution in [1.82, 2.24) is 9.80 Å². The van der Waals surface area contributed by atoms with Gasteiger partial charge in [-0.25, -0.2) is 0 Å². The molecular weight excluding hydrogens is 472 g/mol. The highest BCUT2D eigenvalue weighted by molar-refractivity contribution is 4.96. The topological polar surface area (TPSA) is 6.48 Å². The van der Waals surface area contributed by atoms with Crippen molar-refractivity contribution in [2.45, 2.75) is 213 Å². The van der Waals surface area contributed by atoms with E-state index >= 15 is 0 Å². The maximum absolute atomic E-state index is 2.63. The summed E-state index contributed by atoms with van der Waals surface area (Å²) in [6, 6.07) is 0. The minimum Gasteiger partial charge on any atom is -0.356 e. The second-order valence-electron chi connectivity index (χ2n) is 12.9. The first-order valence-corrected chi connectivity index (χ1v) is 18.5. The molecule has 2 nitrogen and oxygen atoms in total. The average Bonchev–Trinajstić information content (AvgIpc) is 3.34. The van der Waals surface area contributed by atoms with Gasteiger partial charge in [-0.05, 0) is 19.3 Å². The van der Waals surface area contributed by atoms with Crippen LogP contribution in [0.3, 0.4) is 0 Å². The van der Waals surface area contributed by atoms with Gasteiger partial charge in [-0.1, -0.05) is 188 Å². The van der Waals surface area contributed by atoms with Crippen molar-refractivity contribution in [1.29, 1.82) is 0 Å². The zero-order valence-corrected chi connectivity index (χ0v) is 27.5. The normalized spacial score (nSPS) is 15.2. The Kier molecular flexibility index (Phi) is 26.9. The van der Waals surface area contributed by atoms with Gasteiger partial charge in [-0.15, -0.1) is 0 Å². The van der Waals surface area contributed by atoms with E-state index in [-0.39, 0.29) is 0 Å². The molecule has 1 atom stereocenters. The van der Waals surface area contributed by atoms with E-state index in [9.17, 15) is 0 Å². The van der Waals surface area contributed by atoms with E-state index in [0.29, 0.717) is 6.17 Å². The fourth-order valence-electron chi connectivity index (χ4n) is 6.45. The molecule has 232 valence electrons. The molecule has 0 N–H and O–H groups in total. The van der Waals surface area contributed by atoms with Crippen LogP contribution < -0.4 is 0 Å². The minimum atomic E-state index is 0.619. The van der Waals surface area contributed by atoms with E-state index < -0.39 is 0 Å². The number of rotatable bonds is 31. The molecule has 0 bridgehead atoms. The highest BCUT2D eigenvalue weighted by Gasteiger charge is 2.23. The van der Waals surface area contributed by atoms with Crippen LogP contribution in [0, 0.1) is 0 Å². The number of hydrogen-bond acceptors (Lipinski definition) is 2. The van der Waals surface area contributed by atoms with Gasteiger partial charge in [-0.2, -0.15) is 0 Å². The van der Waals surface area contributed by atoms with Crippen molar-refractivity contribution in [2.24, 2.45) is 0 Å². The molecule has 1 heterocycles. The lowest BCUT2D eigenvalue weighted by Crippen LogP contribution is -2.38. The quantitative estimate of drug-likeness (QED) is 0.0798. The highest BCUT2D eigenvalue weighted by atomic mass is 15.4. The van der Waals surface area contributed by atoms with Crippen molar-refractivity contribution in [3.8, 4) is 0 Å². The third-order valence-electron chi connectivity index (χ3n) is 9.12. The van der Waals surface area contributed by atoms with E-state index in [2.05, 4.69) is 43.0 Å². The largest absolute Gasteiger partial charge is 0.356 e. The first kappa shape index (κ1) is 36.4. The van der Waals surface area contributed by atoms with Gasteiger partial charge >= 0.3 is 0 Å². The van der Waals surface area contributed by atoms with Crippen molar-refractivity contribution in [3.05, 3.63) is 12.4 Å². The molecule has 1 unspecified atom stereocenters. The monoisotopic (exact) mass is 547 g/mol. The van der Waals surface area contributed by atoms with Gasteiger partial charge in [0, 0.05) is 25.5 Å². The summed E-state index contributed by atoms with van der Waals surface area (Å²) in [5.41, 5.74) is 0. The average molecular weight is 547 g/mol. The van der Waals surface area contributed by atoms with Gasteiger partial charge in [0.2, 0.25) is 0 Å². The van der Waals surface area contributed by atoms with Crippen LogP contribution in [0.15, 0.2) is 12.4 Å². The lowest BCUT2D eigenvalue weighted by Gasteiger charge is -2.32. The third kappa shape index (κ3) is 21.7. The SMILES string of the molecule is CCCCCCCCCCCCCCCCCN1C=CN(CCCCCCCCCCCCCCC)C1CC. The third-order valence-corrected chi connectivity index (χ3v) is 9.12. The summed E-state index contributed by atoms with van der Waals surface area (Å²) in [7, 11) is 0. The van der Waals surface area contributed by atoms with Gasteiger partial charge in [0.25, 0.3) is 0 Å². The Morgan fingerprint density at radius 3 is 0.795 bits per heavy atom. The van der Waals surface area contributed by atoms with Crippen LogP contribution in [0.25, 0.3) is 0 Å². The van der Waals surface area contributed by atoms with Gasteiger partial charge in [0.1, 0.15) is 6.17 Å². The van der Waals surface area contributed by atoms with E-state index in [1.165, 1.54) is 199 Å². The molecule has 2 heteroatoms. The second kappa shape index (κ2) is 28.9. The van der Waals surface area contributed by atoms with Crippen LogP contribution in [0.2, 0.25) is 0 Å². The van der Waals surface area contributed by atoms with Crippen LogP contribution in [0.5, 0.6) is 0 Å². The van der Waals surface area contributed by atoms with Gasteiger partial charge in [0.05, 0.1) is 0 Å². The lowest BCUT2D eigenvalue weighted by atomic mass is 10.0. The van der Waals surface area contributed by atoms with Gasteiger partial charge in [-0.3, -0.25) is 0 Å². The number of hydrogen-bond donors (Lipinski definition) is 0. The van der Waals surface area contributed by atoms with Crippen molar-refractivity contribution in [3.63, 3.8) is 0 Å². The Morgan fingerprint density at radius 1 is 0.333 bits per heavy atom. The molecule has 0 saturated carbocycles. The van der Waals surface area contributed by atoms with E-state index in [1.54, 1.807) is 0 Å². The maximum atomic E-state index is 2.63. The number of unbranched alkanes of at least 4 members (excludes halogenated alkanes) is 26. The van der Waals surface area contributed by atoms with Gasteiger partial charge in [0.15, 0.2) is 0 Å². The summed E-state index contributed by atoms with van der Waals surface area (Å²) in [6.07, 6.45) is 47.1. The maximum Gasteiger partial charge on any atom is 0.100 e. The molecule has 0 saturated heterocycles. The molecule has 39 heavy (non-hydrogen) atoms. The smallest absolute Gasteiger partial charge is 0.100 e. The second-order valence-corrected chi connectivity index (χ2v) is 12.9. The molecule has 0 aromatic heterocycles. The standard InChI is InChI=1S/C37H74N2/c1-4-7-9-11-13-15-17-19-20-22-24-26-28-30-32-34-39-36-35-38(37(39)6-3)33-31-29-27-25-23-21-18-16-14-12-10-8-5-2/h35-37H,4-34H2,1-3H3. The molecule has 0 spiro atoms. The molecule has 0 aromatic rings. The Bertz CT molecular complexity index is 502. The van der Waals surface area contributed by atoms with Crippen molar-refractivity contribution < 1.29 is 0 Å². The molecule has 1 aliphatic heterocycles. The first-order chi connectivity index (χ1) is 19.3. The van der Waals surface area contributed by atoms with Crippen molar-refractivity contribution >= 4 is 0 Å². The molecule has 0 amide bonds. The summed E-state index contributed by atoms with van der Waals surface area (Å²) in [4.78, 5) is 5.26. The molecule has 0 fully saturated rings. The zero-order chi connectivity index (χ0) is 28.1. The molecule has 0 aliphatic carbocycles. The highest BCUT2D eigenvalue weighted by Crippen LogP contribution is 2.21. The Labute approximate surface area is 248 Å².